The summed E-state index contributed by atoms with van der Waals surface area (Å²) in [4.78, 5) is 16.9. The van der Waals surface area contributed by atoms with Gasteiger partial charge in [0.2, 0.25) is 0 Å². The van der Waals surface area contributed by atoms with E-state index in [0.717, 1.165) is 49.7 Å². The van der Waals surface area contributed by atoms with Gasteiger partial charge in [0.15, 0.2) is 11.5 Å². The smallest absolute Gasteiger partial charge is 0.322 e. The first kappa shape index (κ1) is 17.4. The van der Waals surface area contributed by atoms with Gasteiger partial charge < -0.3 is 14.8 Å². The van der Waals surface area contributed by atoms with Crippen molar-refractivity contribution in [3.63, 3.8) is 0 Å². The number of para-hydroxylation sites is 3. The van der Waals surface area contributed by atoms with Crippen molar-refractivity contribution >= 4 is 11.7 Å². The van der Waals surface area contributed by atoms with Crippen LogP contribution in [0.4, 0.5) is 10.5 Å². The summed E-state index contributed by atoms with van der Waals surface area (Å²) in [5, 5.41) is 3.06. The molecular weight excluding hydrogens is 354 g/mol. The quantitative estimate of drug-likeness (QED) is 0.891. The Kier molecular flexibility index (Phi) is 4.36. The molecule has 2 saturated heterocycles. The predicted octanol–water partition coefficient (Wildman–Crippen LogP) is 2.89. The molecule has 2 aromatic carbocycles. The van der Waals surface area contributed by atoms with E-state index in [1.807, 2.05) is 59.5 Å². The molecule has 5 rings (SSSR count). The highest BCUT2D eigenvalue weighted by Gasteiger charge is 2.48. The number of nitrogens with one attached hydrogen (secondary N) is 1. The van der Waals surface area contributed by atoms with Gasteiger partial charge in [-0.25, -0.2) is 4.79 Å². The minimum Gasteiger partial charge on any atom is -0.486 e. The van der Waals surface area contributed by atoms with Crippen molar-refractivity contribution in [3.8, 4) is 11.5 Å². The van der Waals surface area contributed by atoms with Gasteiger partial charge >= 0.3 is 6.03 Å². The first-order chi connectivity index (χ1) is 13.7. The van der Waals surface area contributed by atoms with E-state index in [4.69, 9.17) is 9.47 Å². The number of anilines is 1. The Balaban J connectivity index is 1.23. The Bertz CT molecular complexity index is 849. The van der Waals surface area contributed by atoms with Gasteiger partial charge in [0.05, 0.1) is 5.54 Å². The SMILES string of the molecule is O=C1NCC2(CCN(C[C@H]3COc4ccccc4O3)CC2)N1c1ccccc1. The molecule has 1 N–H and O–H groups in total. The van der Waals surface area contributed by atoms with E-state index in [0.29, 0.717) is 13.2 Å². The van der Waals surface area contributed by atoms with Gasteiger partial charge in [-0.15, -0.1) is 0 Å². The highest BCUT2D eigenvalue weighted by molar-refractivity contribution is 5.96. The average Bonchev–Trinajstić information content (AvgIpc) is 3.06. The zero-order chi connectivity index (χ0) is 19.0. The number of nitrogens with zero attached hydrogens (tertiary/aromatic N) is 2. The van der Waals surface area contributed by atoms with Crippen LogP contribution in [0.2, 0.25) is 0 Å². The number of carbonyl (C=O) groups excluding carboxylic acids is 1. The number of ether oxygens (including phenoxy) is 2. The number of likely N-dealkylation sites (tertiary alicyclic amines) is 1. The van der Waals surface area contributed by atoms with E-state index in [1.165, 1.54) is 0 Å². The Morgan fingerprint density at radius 3 is 2.50 bits per heavy atom. The molecule has 6 nitrogen and oxygen atoms in total. The average molecular weight is 379 g/mol. The summed E-state index contributed by atoms with van der Waals surface area (Å²) in [7, 11) is 0. The van der Waals surface area contributed by atoms with Crippen molar-refractivity contribution < 1.29 is 14.3 Å². The molecule has 3 aliphatic rings. The number of hydrogen-bond donors (Lipinski definition) is 1. The number of amides is 2. The maximum absolute atomic E-state index is 12.5. The van der Waals surface area contributed by atoms with Crippen molar-refractivity contribution in [3.05, 3.63) is 54.6 Å². The normalized spacial score (nSPS) is 23.6. The maximum atomic E-state index is 12.5. The van der Waals surface area contributed by atoms with Crippen LogP contribution >= 0.6 is 0 Å². The standard InChI is InChI=1S/C22H25N3O3/c26-21-23-16-22(25(21)17-6-2-1-3-7-17)10-12-24(13-11-22)14-18-15-27-19-8-4-5-9-20(19)28-18/h1-9,18H,10-16H2,(H,23,26)/t18-/m0/s1. The molecule has 146 valence electrons. The molecule has 0 aromatic heterocycles. The Morgan fingerprint density at radius 2 is 1.71 bits per heavy atom. The summed E-state index contributed by atoms with van der Waals surface area (Å²) < 4.78 is 12.0. The number of benzene rings is 2. The van der Waals surface area contributed by atoms with Crippen LogP contribution in [-0.2, 0) is 0 Å². The van der Waals surface area contributed by atoms with Gasteiger partial charge in [0.1, 0.15) is 12.7 Å². The summed E-state index contributed by atoms with van der Waals surface area (Å²) in [5.41, 5.74) is 0.845. The largest absolute Gasteiger partial charge is 0.486 e. The monoisotopic (exact) mass is 379 g/mol. The zero-order valence-corrected chi connectivity index (χ0v) is 15.8. The lowest BCUT2D eigenvalue weighted by atomic mass is 9.86. The molecule has 3 heterocycles. The third-order valence-electron chi connectivity index (χ3n) is 6.08. The molecule has 1 atom stereocenters. The minimum atomic E-state index is -0.133. The van der Waals surface area contributed by atoms with Crippen LogP contribution in [0, 0.1) is 0 Å². The lowest BCUT2D eigenvalue weighted by Crippen LogP contribution is -2.56. The number of hydrogen-bond acceptors (Lipinski definition) is 4. The van der Waals surface area contributed by atoms with Crippen LogP contribution in [0.25, 0.3) is 0 Å². The van der Waals surface area contributed by atoms with Crippen LogP contribution in [0.5, 0.6) is 11.5 Å². The summed E-state index contributed by atoms with van der Waals surface area (Å²) >= 11 is 0. The molecule has 0 aliphatic carbocycles. The molecule has 2 amide bonds. The first-order valence-electron chi connectivity index (χ1n) is 9.97. The Labute approximate surface area is 165 Å². The van der Waals surface area contributed by atoms with Gasteiger partial charge in [0, 0.05) is 31.9 Å². The number of piperidine rings is 1. The third kappa shape index (κ3) is 3.07. The van der Waals surface area contributed by atoms with Gasteiger partial charge in [-0.05, 0) is 37.1 Å². The summed E-state index contributed by atoms with van der Waals surface area (Å²) in [6, 6.07) is 17.8. The van der Waals surface area contributed by atoms with E-state index < -0.39 is 0 Å². The van der Waals surface area contributed by atoms with Crippen LogP contribution in [0.3, 0.4) is 0 Å². The van der Waals surface area contributed by atoms with E-state index >= 15 is 0 Å². The molecule has 3 aliphatic heterocycles. The summed E-state index contributed by atoms with van der Waals surface area (Å²) in [6.07, 6.45) is 1.94. The molecule has 1 spiro atoms. The third-order valence-corrected chi connectivity index (χ3v) is 6.08. The van der Waals surface area contributed by atoms with Gasteiger partial charge in [-0.1, -0.05) is 30.3 Å². The highest BCUT2D eigenvalue weighted by atomic mass is 16.6. The molecule has 0 unspecified atom stereocenters. The second kappa shape index (κ2) is 7.02. The van der Waals surface area contributed by atoms with Gasteiger partial charge in [-0.3, -0.25) is 9.80 Å². The van der Waals surface area contributed by atoms with E-state index in [2.05, 4.69) is 10.2 Å². The van der Waals surface area contributed by atoms with Crippen molar-refractivity contribution in [2.24, 2.45) is 0 Å². The highest BCUT2D eigenvalue weighted by Crippen LogP contribution is 2.37. The van der Waals surface area contributed by atoms with Crippen molar-refractivity contribution in [1.82, 2.24) is 10.2 Å². The second-order valence-electron chi connectivity index (χ2n) is 7.85. The van der Waals surface area contributed by atoms with E-state index in [1.54, 1.807) is 0 Å². The second-order valence-corrected chi connectivity index (χ2v) is 7.85. The minimum absolute atomic E-state index is 0.0141. The fraction of sp³-hybridized carbons (Fsp3) is 0.409. The van der Waals surface area contributed by atoms with Gasteiger partial charge in [-0.2, -0.15) is 0 Å². The van der Waals surface area contributed by atoms with Crippen LogP contribution in [-0.4, -0.2) is 55.4 Å². The maximum Gasteiger partial charge on any atom is 0.322 e. The van der Waals surface area contributed by atoms with Crippen molar-refractivity contribution in [2.45, 2.75) is 24.5 Å². The Morgan fingerprint density at radius 1 is 1.00 bits per heavy atom. The molecular formula is C22H25N3O3. The lowest BCUT2D eigenvalue weighted by Gasteiger charge is -2.44. The van der Waals surface area contributed by atoms with E-state index in [9.17, 15) is 4.79 Å². The molecule has 0 bridgehead atoms. The Hall–Kier alpha value is -2.73. The van der Waals surface area contributed by atoms with E-state index in [-0.39, 0.29) is 17.7 Å². The molecule has 2 fully saturated rings. The topological polar surface area (TPSA) is 54.0 Å². The molecule has 6 heteroatoms. The summed E-state index contributed by atoms with van der Waals surface area (Å²) in [5.74, 6) is 1.65. The fourth-order valence-electron chi connectivity index (χ4n) is 4.58. The lowest BCUT2D eigenvalue weighted by molar-refractivity contribution is 0.0461. The fourth-order valence-corrected chi connectivity index (χ4v) is 4.58. The number of rotatable bonds is 3. The number of fused-ring (bicyclic) bond motifs is 1. The number of carbonyl (C=O) groups is 1. The van der Waals surface area contributed by atoms with Gasteiger partial charge in [0.25, 0.3) is 0 Å². The molecule has 28 heavy (non-hydrogen) atoms. The van der Waals surface area contributed by atoms with Crippen molar-refractivity contribution in [1.29, 1.82) is 0 Å². The van der Waals surface area contributed by atoms with Crippen LogP contribution in [0.15, 0.2) is 54.6 Å². The zero-order valence-electron chi connectivity index (χ0n) is 15.8. The first-order valence-corrected chi connectivity index (χ1v) is 9.97. The summed E-state index contributed by atoms with van der Waals surface area (Å²) in [6.45, 7) is 4.02. The number of urea groups is 1. The molecule has 2 aromatic rings. The van der Waals surface area contributed by atoms with Crippen LogP contribution in [0.1, 0.15) is 12.8 Å². The predicted molar refractivity (Wildman–Crippen MR) is 107 cm³/mol. The van der Waals surface area contributed by atoms with Crippen LogP contribution < -0.4 is 19.7 Å². The molecule has 0 saturated carbocycles. The molecule has 0 radical (unpaired) electrons. The van der Waals surface area contributed by atoms with Crippen molar-refractivity contribution in [2.75, 3.05) is 37.7 Å².